The molecule has 3 aromatic rings. The first-order valence-corrected chi connectivity index (χ1v) is 7.97. The zero-order valence-electron chi connectivity index (χ0n) is 14.1. The number of carbonyl (C=O) groups is 1. The van der Waals surface area contributed by atoms with Gasteiger partial charge in [0.15, 0.2) is 5.78 Å². The summed E-state index contributed by atoms with van der Waals surface area (Å²) in [4.78, 5) is 12.7. The molecule has 0 atom stereocenters. The number of aryl methyl sites for hydroxylation is 2. The Balaban J connectivity index is 1.95. The van der Waals surface area contributed by atoms with Crippen molar-refractivity contribution in [3.05, 3.63) is 89.0 Å². The number of phenolic OH excluding ortho intramolecular Hbond substituents is 1. The van der Waals surface area contributed by atoms with Crippen LogP contribution >= 0.6 is 0 Å². The molecule has 25 heavy (non-hydrogen) atoms. The van der Waals surface area contributed by atoms with E-state index in [0.717, 1.165) is 11.1 Å². The topological polar surface area (TPSA) is 62.0 Å². The van der Waals surface area contributed by atoms with E-state index < -0.39 is 0 Å². The van der Waals surface area contributed by atoms with Crippen LogP contribution in [0.3, 0.4) is 0 Å². The Morgan fingerprint density at radius 2 is 1.44 bits per heavy atom. The summed E-state index contributed by atoms with van der Waals surface area (Å²) in [5.74, 6) is 0.173. The van der Waals surface area contributed by atoms with Gasteiger partial charge >= 0.3 is 0 Å². The van der Waals surface area contributed by atoms with E-state index in [1.54, 1.807) is 36.4 Å². The maximum absolute atomic E-state index is 12.7. The number of carbonyl (C=O) groups excluding carboxylic acids is 1. The zero-order chi connectivity index (χ0) is 17.8. The normalized spacial score (nSPS) is 11.0. The highest BCUT2D eigenvalue weighted by Gasteiger charge is 2.13. The van der Waals surface area contributed by atoms with Crippen molar-refractivity contribution < 1.29 is 9.90 Å². The number of aromatic hydroxyl groups is 1. The number of ketones is 1. The summed E-state index contributed by atoms with van der Waals surface area (Å²) >= 11 is 0. The minimum atomic E-state index is -0.0896. The van der Waals surface area contributed by atoms with Crippen molar-refractivity contribution >= 4 is 17.2 Å². The van der Waals surface area contributed by atoms with Gasteiger partial charge < -0.3 is 5.11 Å². The molecule has 124 valence electrons. The molecule has 0 aliphatic heterocycles. The minimum absolute atomic E-state index is 0.0896. The summed E-state index contributed by atoms with van der Waals surface area (Å²) in [5.41, 5.74) is 3.74. The standard InChI is InChI=1S/C21H18N2O2/c1-14-12-17(13-15(2)20(14)24)22-23-19-11-7-6-10-18(19)21(25)16-8-4-3-5-9-16/h3-13,24H,1-2H3. The molecule has 4 heteroatoms. The molecule has 0 aromatic heterocycles. The predicted molar refractivity (Wildman–Crippen MR) is 98.1 cm³/mol. The van der Waals surface area contributed by atoms with Gasteiger partial charge in [0, 0.05) is 5.56 Å². The Labute approximate surface area is 146 Å². The number of nitrogens with zero attached hydrogens (tertiary/aromatic N) is 2. The Bertz CT molecular complexity index is 924. The van der Waals surface area contributed by atoms with Crippen LogP contribution in [0.1, 0.15) is 27.0 Å². The SMILES string of the molecule is Cc1cc(N=Nc2ccccc2C(=O)c2ccccc2)cc(C)c1O. The van der Waals surface area contributed by atoms with Crippen molar-refractivity contribution in [3.63, 3.8) is 0 Å². The van der Waals surface area contributed by atoms with Crippen LogP contribution in [-0.4, -0.2) is 10.9 Å². The van der Waals surface area contributed by atoms with E-state index in [1.807, 2.05) is 44.2 Å². The Morgan fingerprint density at radius 1 is 0.840 bits per heavy atom. The Kier molecular flexibility index (Phi) is 4.70. The molecule has 0 fully saturated rings. The lowest BCUT2D eigenvalue weighted by Crippen LogP contribution is -2.00. The lowest BCUT2D eigenvalue weighted by molar-refractivity contribution is 0.103. The Hall–Kier alpha value is -3.27. The minimum Gasteiger partial charge on any atom is -0.507 e. The van der Waals surface area contributed by atoms with E-state index in [9.17, 15) is 9.90 Å². The van der Waals surface area contributed by atoms with Crippen LogP contribution in [0.2, 0.25) is 0 Å². The Morgan fingerprint density at radius 3 is 2.12 bits per heavy atom. The van der Waals surface area contributed by atoms with Gasteiger partial charge in [0.25, 0.3) is 0 Å². The lowest BCUT2D eigenvalue weighted by atomic mass is 10.0. The first-order valence-electron chi connectivity index (χ1n) is 7.97. The zero-order valence-corrected chi connectivity index (χ0v) is 14.1. The van der Waals surface area contributed by atoms with Gasteiger partial charge in [-0.25, -0.2) is 0 Å². The third kappa shape index (κ3) is 3.63. The smallest absolute Gasteiger partial charge is 0.195 e. The van der Waals surface area contributed by atoms with Crippen LogP contribution < -0.4 is 0 Å². The molecular weight excluding hydrogens is 312 g/mol. The highest BCUT2D eigenvalue weighted by Crippen LogP contribution is 2.29. The summed E-state index contributed by atoms with van der Waals surface area (Å²) in [6, 6.07) is 19.8. The van der Waals surface area contributed by atoms with Gasteiger partial charge in [0.2, 0.25) is 0 Å². The van der Waals surface area contributed by atoms with E-state index >= 15 is 0 Å². The highest BCUT2D eigenvalue weighted by molar-refractivity contribution is 6.11. The van der Waals surface area contributed by atoms with Gasteiger partial charge in [-0.05, 0) is 49.2 Å². The molecule has 4 nitrogen and oxygen atoms in total. The van der Waals surface area contributed by atoms with Gasteiger partial charge in [-0.3, -0.25) is 4.79 Å². The van der Waals surface area contributed by atoms with Gasteiger partial charge in [-0.1, -0.05) is 42.5 Å². The molecule has 0 aliphatic carbocycles. The maximum atomic E-state index is 12.7. The van der Waals surface area contributed by atoms with Crippen molar-refractivity contribution in [2.75, 3.05) is 0 Å². The first-order chi connectivity index (χ1) is 12.1. The molecule has 1 N–H and O–H groups in total. The van der Waals surface area contributed by atoms with Gasteiger partial charge in [-0.15, -0.1) is 5.11 Å². The first kappa shape index (κ1) is 16.6. The maximum Gasteiger partial charge on any atom is 0.195 e. The molecule has 0 saturated heterocycles. The highest BCUT2D eigenvalue weighted by atomic mass is 16.3. The second-order valence-electron chi connectivity index (χ2n) is 5.84. The lowest BCUT2D eigenvalue weighted by Gasteiger charge is -2.05. The van der Waals surface area contributed by atoms with Crippen LogP contribution in [0, 0.1) is 13.8 Å². The fraction of sp³-hybridized carbons (Fsp3) is 0.0952. The van der Waals surface area contributed by atoms with Crippen molar-refractivity contribution in [2.24, 2.45) is 10.2 Å². The van der Waals surface area contributed by atoms with E-state index in [1.165, 1.54) is 0 Å². The molecule has 0 heterocycles. The second kappa shape index (κ2) is 7.09. The van der Waals surface area contributed by atoms with Crippen LogP contribution in [-0.2, 0) is 0 Å². The van der Waals surface area contributed by atoms with E-state index in [4.69, 9.17) is 0 Å². The largest absolute Gasteiger partial charge is 0.507 e. The van der Waals surface area contributed by atoms with E-state index in [2.05, 4.69) is 10.2 Å². The van der Waals surface area contributed by atoms with Crippen molar-refractivity contribution in [2.45, 2.75) is 13.8 Å². The van der Waals surface area contributed by atoms with Crippen molar-refractivity contribution in [1.29, 1.82) is 0 Å². The number of rotatable bonds is 4. The molecular formula is C21H18N2O2. The predicted octanol–water partition coefficient (Wildman–Crippen LogP) is 5.66. The average molecular weight is 330 g/mol. The third-order valence-electron chi connectivity index (χ3n) is 3.93. The van der Waals surface area contributed by atoms with Gasteiger partial charge in [-0.2, -0.15) is 5.11 Å². The molecule has 3 aromatic carbocycles. The van der Waals surface area contributed by atoms with E-state index in [-0.39, 0.29) is 11.5 Å². The van der Waals surface area contributed by atoms with Gasteiger partial charge in [0.1, 0.15) is 5.75 Å². The fourth-order valence-corrected chi connectivity index (χ4v) is 2.60. The fourth-order valence-electron chi connectivity index (χ4n) is 2.60. The summed E-state index contributed by atoms with van der Waals surface area (Å²) in [5, 5.41) is 18.3. The second-order valence-corrected chi connectivity index (χ2v) is 5.84. The molecule has 3 rings (SSSR count). The van der Waals surface area contributed by atoms with Crippen LogP contribution in [0.15, 0.2) is 77.0 Å². The quantitative estimate of drug-likeness (QED) is 0.496. The van der Waals surface area contributed by atoms with Gasteiger partial charge in [0.05, 0.1) is 16.9 Å². The molecule has 0 spiro atoms. The molecule has 0 unspecified atom stereocenters. The molecule has 0 amide bonds. The number of benzene rings is 3. The van der Waals surface area contributed by atoms with Crippen LogP contribution in [0.4, 0.5) is 11.4 Å². The molecule has 0 aliphatic rings. The molecule has 0 saturated carbocycles. The molecule has 0 bridgehead atoms. The summed E-state index contributed by atoms with van der Waals surface area (Å²) in [6.07, 6.45) is 0. The number of hydrogen-bond donors (Lipinski definition) is 1. The van der Waals surface area contributed by atoms with Crippen molar-refractivity contribution in [1.82, 2.24) is 0 Å². The number of phenols is 1. The third-order valence-corrected chi connectivity index (χ3v) is 3.93. The number of azo groups is 1. The summed E-state index contributed by atoms with van der Waals surface area (Å²) in [6.45, 7) is 3.63. The van der Waals surface area contributed by atoms with Crippen LogP contribution in [0.5, 0.6) is 5.75 Å². The number of hydrogen-bond acceptors (Lipinski definition) is 4. The monoisotopic (exact) mass is 330 g/mol. The average Bonchev–Trinajstić information content (AvgIpc) is 2.64. The van der Waals surface area contributed by atoms with Crippen molar-refractivity contribution in [3.8, 4) is 5.75 Å². The van der Waals surface area contributed by atoms with Crippen LogP contribution in [0.25, 0.3) is 0 Å². The molecule has 0 radical (unpaired) electrons. The summed E-state index contributed by atoms with van der Waals surface area (Å²) in [7, 11) is 0. The summed E-state index contributed by atoms with van der Waals surface area (Å²) < 4.78 is 0. The van der Waals surface area contributed by atoms with E-state index in [0.29, 0.717) is 22.5 Å².